The van der Waals surface area contributed by atoms with Gasteiger partial charge in [-0.15, -0.1) is 13.2 Å². The maximum Gasteiger partial charge on any atom is 0.573 e. The lowest BCUT2D eigenvalue weighted by Crippen LogP contribution is -2.21. The Kier molecular flexibility index (Phi) is 3.74. The zero-order chi connectivity index (χ0) is 13.9. The highest BCUT2D eigenvalue weighted by Crippen LogP contribution is 2.28. The van der Waals surface area contributed by atoms with Gasteiger partial charge in [0.25, 0.3) is 11.6 Å². The number of amides is 1. The molecular weight excluding hydrogens is 257 g/mol. The van der Waals surface area contributed by atoms with Gasteiger partial charge >= 0.3 is 6.36 Å². The van der Waals surface area contributed by atoms with Gasteiger partial charge in [-0.1, -0.05) is 0 Å². The highest BCUT2D eigenvalue weighted by Gasteiger charge is 2.32. The Morgan fingerprint density at radius 3 is 2.50 bits per heavy atom. The van der Waals surface area contributed by atoms with Crippen LogP contribution >= 0.6 is 0 Å². The summed E-state index contributed by atoms with van der Waals surface area (Å²) in [6.45, 7) is 0. The van der Waals surface area contributed by atoms with Crippen LogP contribution in [0.5, 0.6) is 5.75 Å². The van der Waals surface area contributed by atoms with Crippen LogP contribution in [0, 0.1) is 10.1 Å². The lowest BCUT2D eigenvalue weighted by Gasteiger charge is -2.09. The molecule has 0 saturated heterocycles. The summed E-state index contributed by atoms with van der Waals surface area (Å²) in [4.78, 5) is 21.0. The molecule has 0 aromatic heterocycles. The van der Waals surface area contributed by atoms with Crippen molar-refractivity contribution in [2.24, 2.45) is 0 Å². The summed E-state index contributed by atoms with van der Waals surface area (Å²) in [7, 11) is 1.20. The number of nitro groups is 1. The van der Waals surface area contributed by atoms with Crippen LogP contribution in [-0.2, 0) is 0 Å². The Morgan fingerprint density at radius 2 is 2.06 bits per heavy atom. The number of nitro benzene ring substituents is 1. The number of alkyl halides is 3. The fraction of sp³-hybridized carbons (Fsp3) is 0.222. The van der Waals surface area contributed by atoms with Crippen LogP contribution in [0.25, 0.3) is 0 Å². The molecule has 18 heavy (non-hydrogen) atoms. The van der Waals surface area contributed by atoms with Crippen molar-refractivity contribution in [1.29, 1.82) is 0 Å². The van der Waals surface area contributed by atoms with E-state index in [0.717, 1.165) is 12.1 Å². The summed E-state index contributed by atoms with van der Waals surface area (Å²) in [5.41, 5.74) is -1.12. The fourth-order valence-corrected chi connectivity index (χ4v) is 1.19. The van der Waals surface area contributed by atoms with Crippen LogP contribution < -0.4 is 10.1 Å². The summed E-state index contributed by atoms with van der Waals surface area (Å²) < 4.78 is 39.4. The summed E-state index contributed by atoms with van der Waals surface area (Å²) in [5.74, 6) is -1.58. The van der Waals surface area contributed by atoms with Crippen LogP contribution in [0.2, 0.25) is 0 Å². The average molecular weight is 264 g/mol. The first-order chi connectivity index (χ1) is 8.24. The van der Waals surface area contributed by atoms with E-state index in [1.54, 1.807) is 0 Å². The molecule has 0 aliphatic carbocycles. The molecule has 1 aromatic carbocycles. The number of nitrogens with one attached hydrogen (secondary N) is 1. The number of rotatable bonds is 3. The van der Waals surface area contributed by atoms with Gasteiger partial charge in [0, 0.05) is 19.2 Å². The largest absolute Gasteiger partial charge is 0.573 e. The third-order valence-corrected chi connectivity index (χ3v) is 1.87. The molecule has 98 valence electrons. The summed E-state index contributed by atoms with van der Waals surface area (Å²) in [5, 5.41) is 12.7. The van der Waals surface area contributed by atoms with Gasteiger partial charge in [0.05, 0.1) is 4.92 Å². The smallest absolute Gasteiger partial charge is 0.406 e. The molecule has 0 radical (unpaired) electrons. The first-order valence-electron chi connectivity index (χ1n) is 4.51. The van der Waals surface area contributed by atoms with Gasteiger partial charge in [-0.25, -0.2) is 0 Å². The highest BCUT2D eigenvalue weighted by molar-refractivity contribution is 5.98. The molecule has 0 atom stereocenters. The maximum atomic E-state index is 12.0. The van der Waals surface area contributed by atoms with E-state index in [1.807, 2.05) is 0 Å². The number of carbonyl (C=O) groups excluding carboxylic acids is 1. The van der Waals surface area contributed by atoms with E-state index in [1.165, 1.54) is 7.05 Å². The topological polar surface area (TPSA) is 81.5 Å². The monoisotopic (exact) mass is 264 g/mol. The van der Waals surface area contributed by atoms with Crippen molar-refractivity contribution >= 4 is 11.6 Å². The Balaban J connectivity index is 3.21. The normalized spacial score (nSPS) is 10.9. The van der Waals surface area contributed by atoms with Crippen molar-refractivity contribution < 1.29 is 27.6 Å². The molecule has 0 unspecified atom stereocenters. The Morgan fingerprint density at radius 1 is 1.44 bits per heavy atom. The highest BCUT2D eigenvalue weighted by atomic mass is 19.4. The Hall–Kier alpha value is -2.32. The number of nitrogens with zero attached hydrogens (tertiary/aromatic N) is 1. The zero-order valence-corrected chi connectivity index (χ0v) is 8.95. The SMILES string of the molecule is CNC(=O)c1cc(OC(F)(F)F)ccc1[N+](=O)[O-]. The Labute approximate surface area is 98.5 Å². The van der Waals surface area contributed by atoms with Gasteiger partial charge in [-0.2, -0.15) is 0 Å². The van der Waals surface area contributed by atoms with Gasteiger partial charge in [0.15, 0.2) is 0 Å². The molecule has 0 saturated carbocycles. The van der Waals surface area contributed by atoms with Crippen molar-refractivity contribution in [3.8, 4) is 5.75 Å². The summed E-state index contributed by atoms with van der Waals surface area (Å²) in [6, 6.07) is 2.19. The van der Waals surface area contributed by atoms with E-state index < -0.39 is 34.2 Å². The van der Waals surface area contributed by atoms with Crippen LogP contribution in [0.15, 0.2) is 18.2 Å². The molecule has 0 spiro atoms. The minimum Gasteiger partial charge on any atom is -0.406 e. The van der Waals surface area contributed by atoms with Crippen LogP contribution in [-0.4, -0.2) is 24.2 Å². The standard InChI is InChI=1S/C9H7F3N2O4/c1-13-8(15)6-4-5(18-9(10,11)12)2-3-7(6)14(16)17/h2-4H,1H3,(H,13,15). The van der Waals surface area contributed by atoms with Crippen LogP contribution in [0.3, 0.4) is 0 Å². The van der Waals surface area contributed by atoms with E-state index >= 15 is 0 Å². The molecule has 0 heterocycles. The predicted molar refractivity (Wildman–Crippen MR) is 53.2 cm³/mol. The molecular formula is C9H7F3N2O4. The van der Waals surface area contributed by atoms with Crippen LogP contribution in [0.4, 0.5) is 18.9 Å². The zero-order valence-electron chi connectivity index (χ0n) is 8.95. The van der Waals surface area contributed by atoms with E-state index in [0.29, 0.717) is 6.07 Å². The minimum atomic E-state index is -4.93. The van der Waals surface area contributed by atoms with E-state index in [-0.39, 0.29) is 0 Å². The summed E-state index contributed by atoms with van der Waals surface area (Å²) in [6.07, 6.45) is -4.93. The number of carbonyl (C=O) groups is 1. The number of benzene rings is 1. The van der Waals surface area contributed by atoms with Crippen molar-refractivity contribution in [1.82, 2.24) is 5.32 Å². The predicted octanol–water partition coefficient (Wildman–Crippen LogP) is 1.85. The molecule has 1 amide bonds. The molecule has 1 N–H and O–H groups in total. The van der Waals surface area contributed by atoms with Crippen molar-refractivity contribution in [2.75, 3.05) is 7.05 Å². The third kappa shape index (κ3) is 3.34. The number of halogens is 3. The average Bonchev–Trinajstić information content (AvgIpc) is 2.25. The Bertz CT molecular complexity index is 487. The molecule has 0 bridgehead atoms. The second kappa shape index (κ2) is 4.90. The van der Waals surface area contributed by atoms with Gasteiger partial charge in [0.2, 0.25) is 0 Å². The molecule has 0 fully saturated rings. The molecule has 0 aliphatic rings. The van der Waals surface area contributed by atoms with E-state index in [2.05, 4.69) is 10.1 Å². The first-order valence-corrected chi connectivity index (χ1v) is 4.51. The second-order valence-corrected chi connectivity index (χ2v) is 3.06. The van der Waals surface area contributed by atoms with Gasteiger partial charge < -0.3 is 10.1 Å². The summed E-state index contributed by atoms with van der Waals surface area (Å²) >= 11 is 0. The van der Waals surface area contributed by atoms with Gasteiger partial charge in [-0.05, 0) is 6.07 Å². The lowest BCUT2D eigenvalue weighted by molar-refractivity contribution is -0.385. The van der Waals surface area contributed by atoms with Crippen LogP contribution in [0.1, 0.15) is 10.4 Å². The first kappa shape index (κ1) is 13.7. The molecule has 1 aromatic rings. The molecule has 6 nitrogen and oxygen atoms in total. The minimum absolute atomic E-state index is 0.510. The number of ether oxygens (including phenoxy) is 1. The van der Waals surface area contributed by atoms with E-state index in [9.17, 15) is 28.1 Å². The number of hydrogen-bond donors (Lipinski definition) is 1. The van der Waals surface area contributed by atoms with Gasteiger partial charge in [-0.3, -0.25) is 14.9 Å². The third-order valence-electron chi connectivity index (χ3n) is 1.87. The van der Waals surface area contributed by atoms with E-state index in [4.69, 9.17) is 0 Å². The second-order valence-electron chi connectivity index (χ2n) is 3.06. The molecule has 1 rings (SSSR count). The number of hydrogen-bond acceptors (Lipinski definition) is 4. The lowest BCUT2D eigenvalue weighted by atomic mass is 10.1. The fourth-order valence-electron chi connectivity index (χ4n) is 1.19. The van der Waals surface area contributed by atoms with Crippen molar-refractivity contribution in [3.05, 3.63) is 33.9 Å². The molecule has 0 aliphatic heterocycles. The molecule has 9 heteroatoms. The van der Waals surface area contributed by atoms with Crippen molar-refractivity contribution in [3.63, 3.8) is 0 Å². The maximum absolute atomic E-state index is 12.0. The quantitative estimate of drug-likeness (QED) is 0.667. The van der Waals surface area contributed by atoms with Crippen molar-refractivity contribution in [2.45, 2.75) is 6.36 Å². The van der Waals surface area contributed by atoms with Gasteiger partial charge in [0.1, 0.15) is 11.3 Å².